The predicted molar refractivity (Wildman–Crippen MR) is 74.2 cm³/mol. The van der Waals surface area contributed by atoms with E-state index in [0.717, 1.165) is 5.69 Å². The van der Waals surface area contributed by atoms with Gasteiger partial charge in [0, 0.05) is 29.4 Å². The molecule has 1 atom stereocenters. The first-order valence-electron chi connectivity index (χ1n) is 5.99. The van der Waals surface area contributed by atoms with Crippen molar-refractivity contribution in [2.45, 2.75) is 18.9 Å². The van der Waals surface area contributed by atoms with Gasteiger partial charge in [0.1, 0.15) is 5.82 Å². The number of hydrogen-bond donors (Lipinski definition) is 2. The van der Waals surface area contributed by atoms with Crippen LogP contribution < -0.4 is 11.3 Å². The Morgan fingerprint density at radius 3 is 2.74 bits per heavy atom. The molecule has 100 valence electrons. The van der Waals surface area contributed by atoms with Gasteiger partial charge in [0.2, 0.25) is 0 Å². The maximum atomic E-state index is 13.7. The van der Waals surface area contributed by atoms with E-state index < -0.39 is 0 Å². The minimum absolute atomic E-state index is 0.0782. The van der Waals surface area contributed by atoms with E-state index in [1.54, 1.807) is 18.3 Å². The van der Waals surface area contributed by atoms with Crippen LogP contribution in [-0.4, -0.2) is 11.0 Å². The quantitative estimate of drug-likeness (QED) is 0.653. The van der Waals surface area contributed by atoms with Crippen molar-refractivity contribution >= 4 is 11.6 Å². The minimum atomic E-state index is -0.311. The number of rotatable bonds is 5. The predicted octanol–water partition coefficient (Wildman–Crippen LogP) is 2.49. The van der Waals surface area contributed by atoms with Crippen LogP contribution in [0.3, 0.4) is 0 Å². The summed E-state index contributed by atoms with van der Waals surface area (Å²) in [6.07, 6.45) is 2.85. The van der Waals surface area contributed by atoms with Crippen molar-refractivity contribution in [1.82, 2.24) is 10.4 Å². The summed E-state index contributed by atoms with van der Waals surface area (Å²) in [5.41, 5.74) is 4.20. The molecule has 0 radical (unpaired) electrons. The second-order valence-corrected chi connectivity index (χ2v) is 4.77. The number of nitrogens with two attached hydrogens (primary N) is 1. The highest BCUT2D eigenvalue weighted by Gasteiger charge is 2.12. The summed E-state index contributed by atoms with van der Waals surface area (Å²) in [5, 5.41) is 0.392. The lowest BCUT2D eigenvalue weighted by Crippen LogP contribution is -2.38. The zero-order valence-electron chi connectivity index (χ0n) is 10.3. The number of nitrogens with zero attached hydrogens (tertiary/aromatic N) is 1. The van der Waals surface area contributed by atoms with Gasteiger partial charge >= 0.3 is 0 Å². The van der Waals surface area contributed by atoms with Gasteiger partial charge in [-0.05, 0) is 36.2 Å². The van der Waals surface area contributed by atoms with Gasteiger partial charge in [0.15, 0.2) is 0 Å². The zero-order chi connectivity index (χ0) is 13.7. The maximum Gasteiger partial charge on any atom is 0.127 e. The number of hydrogen-bond acceptors (Lipinski definition) is 3. The van der Waals surface area contributed by atoms with Crippen molar-refractivity contribution in [1.29, 1.82) is 0 Å². The average molecular weight is 280 g/mol. The normalized spacial score (nSPS) is 12.4. The monoisotopic (exact) mass is 279 g/mol. The van der Waals surface area contributed by atoms with E-state index in [1.165, 1.54) is 6.07 Å². The van der Waals surface area contributed by atoms with Crippen molar-refractivity contribution in [2.24, 2.45) is 5.84 Å². The van der Waals surface area contributed by atoms with E-state index in [2.05, 4.69) is 10.4 Å². The molecule has 1 heterocycles. The molecule has 1 aromatic carbocycles. The Labute approximate surface area is 116 Å². The lowest BCUT2D eigenvalue weighted by atomic mass is 10.0. The summed E-state index contributed by atoms with van der Waals surface area (Å²) in [7, 11) is 0. The van der Waals surface area contributed by atoms with Crippen molar-refractivity contribution in [3.8, 4) is 0 Å². The lowest BCUT2D eigenvalue weighted by molar-refractivity contribution is 0.502. The molecule has 3 nitrogen and oxygen atoms in total. The fourth-order valence-electron chi connectivity index (χ4n) is 1.91. The molecular formula is C14H15ClFN3. The van der Waals surface area contributed by atoms with Crippen LogP contribution in [0.4, 0.5) is 4.39 Å². The Morgan fingerprint density at radius 2 is 2.11 bits per heavy atom. The van der Waals surface area contributed by atoms with Gasteiger partial charge in [-0.25, -0.2) is 4.39 Å². The molecule has 0 aliphatic heterocycles. The summed E-state index contributed by atoms with van der Waals surface area (Å²) >= 11 is 5.73. The first-order chi connectivity index (χ1) is 9.19. The molecule has 0 amide bonds. The summed E-state index contributed by atoms with van der Waals surface area (Å²) in [4.78, 5) is 4.23. The first-order valence-corrected chi connectivity index (χ1v) is 6.37. The third-order valence-electron chi connectivity index (χ3n) is 2.90. The van der Waals surface area contributed by atoms with Crippen LogP contribution in [0.25, 0.3) is 0 Å². The Balaban J connectivity index is 2.06. The molecule has 1 aromatic heterocycles. The zero-order valence-corrected chi connectivity index (χ0v) is 11.1. The molecule has 0 bridgehead atoms. The maximum absolute atomic E-state index is 13.7. The largest absolute Gasteiger partial charge is 0.271 e. The van der Waals surface area contributed by atoms with Crippen molar-refractivity contribution in [3.05, 3.63) is 64.7 Å². The van der Waals surface area contributed by atoms with E-state index in [4.69, 9.17) is 17.4 Å². The molecule has 0 aliphatic carbocycles. The van der Waals surface area contributed by atoms with E-state index in [9.17, 15) is 4.39 Å². The van der Waals surface area contributed by atoms with Crippen LogP contribution in [-0.2, 0) is 12.8 Å². The van der Waals surface area contributed by atoms with Gasteiger partial charge in [-0.1, -0.05) is 23.7 Å². The Bertz CT molecular complexity index is 533. The topological polar surface area (TPSA) is 50.9 Å². The number of pyridine rings is 1. The lowest BCUT2D eigenvalue weighted by Gasteiger charge is -2.16. The molecule has 19 heavy (non-hydrogen) atoms. The third kappa shape index (κ3) is 3.99. The van der Waals surface area contributed by atoms with Crippen molar-refractivity contribution < 1.29 is 4.39 Å². The first kappa shape index (κ1) is 13.9. The smallest absolute Gasteiger partial charge is 0.127 e. The highest BCUT2D eigenvalue weighted by atomic mass is 35.5. The second-order valence-electron chi connectivity index (χ2n) is 4.33. The fourth-order valence-corrected chi connectivity index (χ4v) is 2.07. The highest BCUT2D eigenvalue weighted by Crippen LogP contribution is 2.16. The van der Waals surface area contributed by atoms with Crippen LogP contribution >= 0.6 is 11.6 Å². The van der Waals surface area contributed by atoms with Gasteiger partial charge in [0.25, 0.3) is 0 Å². The Kier molecular flexibility index (Phi) is 4.85. The number of hydrazine groups is 1. The summed E-state index contributed by atoms with van der Waals surface area (Å²) < 4.78 is 13.7. The molecule has 2 rings (SSSR count). The van der Waals surface area contributed by atoms with Crippen LogP contribution in [0.15, 0.2) is 42.6 Å². The minimum Gasteiger partial charge on any atom is -0.271 e. The standard InChI is InChI=1S/C14H15ClFN3/c15-11-5-4-10(14(16)8-11)7-13(19-17)9-12-3-1-2-6-18-12/h1-6,8,13,19H,7,9,17H2. The SMILES string of the molecule is NNC(Cc1ccccn1)Cc1ccc(Cl)cc1F. The molecular weight excluding hydrogens is 265 g/mol. The van der Waals surface area contributed by atoms with Crippen LogP contribution in [0.1, 0.15) is 11.3 Å². The average Bonchev–Trinajstić information content (AvgIpc) is 2.42. The van der Waals surface area contributed by atoms with Crippen molar-refractivity contribution in [3.63, 3.8) is 0 Å². The number of aromatic nitrogens is 1. The van der Waals surface area contributed by atoms with Gasteiger partial charge < -0.3 is 0 Å². The molecule has 0 fully saturated rings. The summed E-state index contributed by atoms with van der Waals surface area (Å²) in [5.74, 6) is 5.21. The van der Waals surface area contributed by atoms with E-state index in [0.29, 0.717) is 23.4 Å². The van der Waals surface area contributed by atoms with Crippen LogP contribution in [0.2, 0.25) is 5.02 Å². The molecule has 0 spiro atoms. The van der Waals surface area contributed by atoms with E-state index in [-0.39, 0.29) is 11.9 Å². The Morgan fingerprint density at radius 1 is 1.26 bits per heavy atom. The van der Waals surface area contributed by atoms with E-state index in [1.807, 2.05) is 18.2 Å². The van der Waals surface area contributed by atoms with Gasteiger partial charge in [0.05, 0.1) is 0 Å². The number of halogens is 2. The van der Waals surface area contributed by atoms with Gasteiger partial charge in [-0.3, -0.25) is 16.3 Å². The van der Waals surface area contributed by atoms with Crippen molar-refractivity contribution in [2.75, 3.05) is 0 Å². The molecule has 2 aromatic rings. The highest BCUT2D eigenvalue weighted by molar-refractivity contribution is 6.30. The fraction of sp³-hybridized carbons (Fsp3) is 0.214. The third-order valence-corrected chi connectivity index (χ3v) is 3.13. The molecule has 0 saturated carbocycles. The number of nitrogens with one attached hydrogen (secondary N) is 1. The molecule has 0 aliphatic rings. The molecule has 1 unspecified atom stereocenters. The molecule has 3 N–H and O–H groups in total. The molecule has 5 heteroatoms. The second kappa shape index (κ2) is 6.61. The molecule has 0 saturated heterocycles. The van der Waals surface area contributed by atoms with Crippen LogP contribution in [0, 0.1) is 5.82 Å². The summed E-state index contributed by atoms with van der Waals surface area (Å²) in [6, 6.07) is 10.3. The Hall–Kier alpha value is -1.49. The van der Waals surface area contributed by atoms with E-state index >= 15 is 0 Å². The van der Waals surface area contributed by atoms with Gasteiger partial charge in [-0.2, -0.15) is 0 Å². The summed E-state index contributed by atoms with van der Waals surface area (Å²) in [6.45, 7) is 0. The van der Waals surface area contributed by atoms with Crippen LogP contribution in [0.5, 0.6) is 0 Å². The van der Waals surface area contributed by atoms with Gasteiger partial charge in [-0.15, -0.1) is 0 Å². The number of benzene rings is 1.